The molecule has 0 bridgehead atoms. The van der Waals surface area contributed by atoms with Crippen LogP contribution in [0.15, 0.2) is 42.5 Å². The van der Waals surface area contributed by atoms with Crippen LogP contribution in [-0.2, 0) is 11.3 Å². The SMILES string of the molecule is Cc1c(F)c(N(Cc2c(F)cccc2F)C(=O)CCl)nc2ccccc12. The van der Waals surface area contributed by atoms with Gasteiger partial charge in [0.25, 0.3) is 0 Å². The van der Waals surface area contributed by atoms with E-state index >= 15 is 0 Å². The van der Waals surface area contributed by atoms with Crippen molar-refractivity contribution in [3.63, 3.8) is 0 Å². The van der Waals surface area contributed by atoms with Crippen molar-refractivity contribution in [2.75, 3.05) is 10.8 Å². The highest BCUT2D eigenvalue weighted by atomic mass is 35.5. The Morgan fingerprint density at radius 2 is 1.73 bits per heavy atom. The van der Waals surface area contributed by atoms with Gasteiger partial charge in [0.15, 0.2) is 11.6 Å². The van der Waals surface area contributed by atoms with Gasteiger partial charge in [0, 0.05) is 10.9 Å². The molecule has 0 aliphatic heterocycles. The first-order chi connectivity index (χ1) is 12.4. The lowest BCUT2D eigenvalue weighted by Gasteiger charge is -2.23. The number of benzene rings is 2. The Morgan fingerprint density at radius 1 is 1.08 bits per heavy atom. The molecule has 134 valence electrons. The average Bonchev–Trinajstić information content (AvgIpc) is 2.64. The Balaban J connectivity index is 2.16. The minimum atomic E-state index is -0.838. The molecule has 0 saturated carbocycles. The van der Waals surface area contributed by atoms with Gasteiger partial charge >= 0.3 is 0 Å². The molecule has 0 N–H and O–H groups in total. The topological polar surface area (TPSA) is 33.2 Å². The van der Waals surface area contributed by atoms with Crippen LogP contribution in [0, 0.1) is 24.4 Å². The van der Waals surface area contributed by atoms with Crippen molar-refractivity contribution in [3.8, 4) is 0 Å². The first-order valence-electron chi connectivity index (χ1n) is 7.78. The van der Waals surface area contributed by atoms with E-state index in [2.05, 4.69) is 4.98 Å². The number of hydrogen-bond acceptors (Lipinski definition) is 2. The first-order valence-corrected chi connectivity index (χ1v) is 8.31. The largest absolute Gasteiger partial charge is 0.289 e. The van der Waals surface area contributed by atoms with Gasteiger partial charge in [-0.3, -0.25) is 9.69 Å². The summed E-state index contributed by atoms with van der Waals surface area (Å²) in [5.41, 5.74) is 0.382. The zero-order chi connectivity index (χ0) is 18.8. The van der Waals surface area contributed by atoms with Gasteiger partial charge < -0.3 is 0 Å². The molecule has 3 aromatic rings. The summed E-state index contributed by atoms with van der Waals surface area (Å²) in [6, 6.07) is 10.2. The normalized spacial score (nSPS) is 11.0. The number of para-hydroxylation sites is 1. The van der Waals surface area contributed by atoms with Gasteiger partial charge in [0.2, 0.25) is 5.91 Å². The van der Waals surface area contributed by atoms with Crippen LogP contribution >= 0.6 is 11.6 Å². The number of pyridine rings is 1. The maximum absolute atomic E-state index is 14.9. The van der Waals surface area contributed by atoms with Crippen molar-refractivity contribution in [3.05, 3.63) is 71.0 Å². The van der Waals surface area contributed by atoms with E-state index in [0.717, 1.165) is 17.0 Å². The maximum atomic E-state index is 14.9. The Morgan fingerprint density at radius 3 is 2.38 bits per heavy atom. The third kappa shape index (κ3) is 3.24. The second-order valence-corrected chi connectivity index (χ2v) is 5.97. The zero-order valence-electron chi connectivity index (χ0n) is 13.8. The summed E-state index contributed by atoms with van der Waals surface area (Å²) in [6.07, 6.45) is 0. The van der Waals surface area contributed by atoms with E-state index in [-0.39, 0.29) is 16.9 Å². The number of carbonyl (C=O) groups is 1. The number of fused-ring (bicyclic) bond motifs is 1. The highest BCUT2D eigenvalue weighted by Crippen LogP contribution is 2.29. The van der Waals surface area contributed by atoms with E-state index in [1.165, 1.54) is 6.07 Å². The molecular formula is C19H14ClF3N2O. The smallest absolute Gasteiger partial charge is 0.243 e. The molecular weight excluding hydrogens is 365 g/mol. The van der Waals surface area contributed by atoms with Gasteiger partial charge in [-0.05, 0) is 30.7 Å². The fraction of sp³-hybridized carbons (Fsp3) is 0.158. The quantitative estimate of drug-likeness (QED) is 0.615. The van der Waals surface area contributed by atoms with Crippen LogP contribution in [0.1, 0.15) is 11.1 Å². The fourth-order valence-electron chi connectivity index (χ4n) is 2.71. The summed E-state index contributed by atoms with van der Waals surface area (Å²) in [5, 5.41) is 0.587. The van der Waals surface area contributed by atoms with Gasteiger partial charge in [-0.1, -0.05) is 24.3 Å². The Labute approximate surface area is 153 Å². The van der Waals surface area contributed by atoms with Crippen LogP contribution in [0.3, 0.4) is 0 Å². The van der Waals surface area contributed by atoms with Crippen LogP contribution < -0.4 is 4.90 Å². The van der Waals surface area contributed by atoms with E-state index < -0.39 is 35.8 Å². The molecule has 0 unspecified atom stereocenters. The maximum Gasteiger partial charge on any atom is 0.243 e. The van der Waals surface area contributed by atoms with Crippen molar-refractivity contribution in [2.24, 2.45) is 0 Å². The van der Waals surface area contributed by atoms with Crippen LogP contribution in [-0.4, -0.2) is 16.8 Å². The molecule has 0 spiro atoms. The lowest BCUT2D eigenvalue weighted by atomic mass is 10.1. The molecule has 1 amide bonds. The lowest BCUT2D eigenvalue weighted by molar-refractivity contribution is -0.116. The Bertz CT molecular complexity index is 974. The molecule has 0 aliphatic carbocycles. The van der Waals surface area contributed by atoms with E-state index in [4.69, 9.17) is 11.6 Å². The van der Waals surface area contributed by atoms with Gasteiger partial charge in [0.05, 0.1) is 12.1 Å². The number of nitrogens with zero attached hydrogens (tertiary/aromatic N) is 2. The van der Waals surface area contributed by atoms with Gasteiger partial charge in [-0.15, -0.1) is 11.6 Å². The predicted octanol–water partition coefficient (Wildman–Crippen LogP) is 4.73. The van der Waals surface area contributed by atoms with Crippen molar-refractivity contribution in [2.45, 2.75) is 13.5 Å². The summed E-state index contributed by atoms with van der Waals surface area (Å²) in [4.78, 5) is 17.3. The van der Waals surface area contributed by atoms with E-state index in [0.29, 0.717) is 10.9 Å². The number of carbonyl (C=O) groups excluding carboxylic acids is 1. The van der Waals surface area contributed by atoms with Crippen molar-refractivity contribution in [1.29, 1.82) is 0 Å². The minimum Gasteiger partial charge on any atom is -0.289 e. The number of amides is 1. The summed E-state index contributed by atoms with van der Waals surface area (Å²) in [7, 11) is 0. The molecule has 0 aliphatic rings. The lowest BCUT2D eigenvalue weighted by Crippen LogP contribution is -2.34. The molecule has 2 aromatic carbocycles. The first kappa shape index (κ1) is 18.2. The number of halogens is 4. The van der Waals surface area contributed by atoms with Crippen molar-refractivity contribution in [1.82, 2.24) is 4.98 Å². The number of anilines is 1. The molecule has 7 heteroatoms. The number of aryl methyl sites for hydroxylation is 1. The molecule has 0 radical (unpaired) electrons. The van der Waals surface area contributed by atoms with E-state index in [1.807, 2.05) is 0 Å². The Hall–Kier alpha value is -2.60. The average molecular weight is 379 g/mol. The predicted molar refractivity (Wildman–Crippen MR) is 94.7 cm³/mol. The van der Waals surface area contributed by atoms with Crippen LogP contribution in [0.2, 0.25) is 0 Å². The second kappa shape index (κ2) is 7.33. The highest BCUT2D eigenvalue weighted by molar-refractivity contribution is 6.29. The molecule has 0 fully saturated rings. The van der Waals surface area contributed by atoms with Crippen LogP contribution in [0.5, 0.6) is 0 Å². The summed E-state index contributed by atoms with van der Waals surface area (Å²) in [5.74, 6) is -3.92. The zero-order valence-corrected chi connectivity index (χ0v) is 14.5. The Kier molecular flexibility index (Phi) is 5.13. The van der Waals surface area contributed by atoms with Crippen molar-refractivity contribution >= 4 is 34.2 Å². The third-order valence-corrected chi connectivity index (χ3v) is 4.34. The monoisotopic (exact) mass is 378 g/mol. The molecule has 0 saturated heterocycles. The highest BCUT2D eigenvalue weighted by Gasteiger charge is 2.25. The number of alkyl halides is 1. The minimum absolute atomic E-state index is 0.284. The summed E-state index contributed by atoms with van der Waals surface area (Å²) >= 11 is 5.62. The van der Waals surface area contributed by atoms with Crippen LogP contribution in [0.25, 0.3) is 10.9 Å². The number of rotatable bonds is 4. The summed E-state index contributed by atoms with van der Waals surface area (Å²) in [6.45, 7) is 1.03. The van der Waals surface area contributed by atoms with E-state index in [9.17, 15) is 18.0 Å². The molecule has 1 aromatic heterocycles. The number of hydrogen-bond donors (Lipinski definition) is 0. The molecule has 3 rings (SSSR count). The summed E-state index contributed by atoms with van der Waals surface area (Å²) < 4.78 is 42.9. The second-order valence-electron chi connectivity index (χ2n) is 5.71. The number of aromatic nitrogens is 1. The fourth-order valence-corrected chi connectivity index (χ4v) is 2.86. The molecule has 1 heterocycles. The van der Waals surface area contributed by atoms with E-state index in [1.54, 1.807) is 31.2 Å². The van der Waals surface area contributed by atoms with Crippen molar-refractivity contribution < 1.29 is 18.0 Å². The van der Waals surface area contributed by atoms with Gasteiger partial charge in [-0.2, -0.15) is 0 Å². The van der Waals surface area contributed by atoms with Gasteiger partial charge in [-0.25, -0.2) is 18.2 Å². The van der Waals surface area contributed by atoms with Gasteiger partial charge in [0.1, 0.15) is 17.5 Å². The molecule has 3 nitrogen and oxygen atoms in total. The molecule has 26 heavy (non-hydrogen) atoms. The third-order valence-electron chi connectivity index (χ3n) is 4.11. The molecule has 0 atom stereocenters. The van der Waals surface area contributed by atoms with Crippen LogP contribution in [0.4, 0.5) is 19.0 Å². The standard InChI is InChI=1S/C19H14ClF3N2O/c1-11-12-5-2-3-8-16(12)24-19(18(11)23)25(17(26)9-20)10-13-14(21)6-4-7-15(13)22/h2-8H,9-10H2,1H3.